The van der Waals surface area contributed by atoms with E-state index in [4.69, 9.17) is 4.74 Å². The molecule has 5 heteroatoms. The van der Waals surface area contributed by atoms with E-state index in [-0.39, 0.29) is 12.0 Å². The number of benzene rings is 1. The Morgan fingerprint density at radius 1 is 1.36 bits per heavy atom. The summed E-state index contributed by atoms with van der Waals surface area (Å²) in [6.07, 6.45) is 2.17. The van der Waals surface area contributed by atoms with Gasteiger partial charge in [0.25, 0.3) is 5.91 Å². The van der Waals surface area contributed by atoms with Crippen molar-refractivity contribution in [3.63, 3.8) is 0 Å². The summed E-state index contributed by atoms with van der Waals surface area (Å²) in [6, 6.07) is 10.2. The van der Waals surface area contributed by atoms with Crippen LogP contribution in [0.3, 0.4) is 0 Å². The Morgan fingerprint density at radius 3 is 2.91 bits per heavy atom. The van der Waals surface area contributed by atoms with Crippen LogP contribution in [0.4, 0.5) is 0 Å². The fourth-order valence-electron chi connectivity index (χ4n) is 2.82. The van der Waals surface area contributed by atoms with Gasteiger partial charge in [0.1, 0.15) is 5.69 Å². The Morgan fingerprint density at radius 2 is 2.18 bits per heavy atom. The van der Waals surface area contributed by atoms with Crippen molar-refractivity contribution in [2.45, 2.75) is 25.9 Å². The van der Waals surface area contributed by atoms with Crippen LogP contribution in [0.25, 0.3) is 0 Å². The fraction of sp³-hybridized carbons (Fsp3) is 0.412. The molecule has 2 unspecified atom stereocenters. The van der Waals surface area contributed by atoms with E-state index in [9.17, 15) is 4.79 Å². The van der Waals surface area contributed by atoms with Crippen LogP contribution in [0.15, 0.2) is 35.7 Å². The van der Waals surface area contributed by atoms with Gasteiger partial charge in [0.05, 0.1) is 6.10 Å². The normalized spacial score (nSPS) is 21.5. The third-order valence-corrected chi connectivity index (χ3v) is 4.61. The molecule has 1 aliphatic rings. The molecule has 2 atom stereocenters. The maximum atomic E-state index is 12.0. The maximum absolute atomic E-state index is 12.0. The van der Waals surface area contributed by atoms with Gasteiger partial charge < -0.3 is 10.1 Å². The molecule has 22 heavy (non-hydrogen) atoms. The Balaban J connectivity index is 1.65. The zero-order chi connectivity index (χ0) is 15.4. The highest BCUT2D eigenvalue weighted by molar-refractivity contribution is 7.03. The molecule has 116 valence electrons. The molecule has 1 fully saturated rings. The first kappa shape index (κ1) is 15.2. The summed E-state index contributed by atoms with van der Waals surface area (Å²) in [4.78, 5) is 12.0. The topological polar surface area (TPSA) is 51.2 Å². The molecular formula is C17H20N2O2S. The molecule has 4 nitrogen and oxygen atoms in total. The maximum Gasteiger partial charge on any atom is 0.270 e. The summed E-state index contributed by atoms with van der Waals surface area (Å²) in [5.41, 5.74) is 2.93. The van der Waals surface area contributed by atoms with Gasteiger partial charge in [0.2, 0.25) is 0 Å². The van der Waals surface area contributed by atoms with Gasteiger partial charge in [0, 0.05) is 24.4 Å². The Bertz CT molecular complexity index is 610. The predicted octanol–water partition coefficient (Wildman–Crippen LogP) is 3.35. The van der Waals surface area contributed by atoms with Crippen molar-refractivity contribution in [1.29, 1.82) is 0 Å². The number of carbonyl (C=O) groups excluding carboxylic acids is 1. The second-order valence-electron chi connectivity index (χ2n) is 5.70. The van der Waals surface area contributed by atoms with E-state index in [2.05, 4.69) is 40.9 Å². The quantitative estimate of drug-likeness (QED) is 0.941. The van der Waals surface area contributed by atoms with Crippen LogP contribution in [-0.4, -0.2) is 23.4 Å². The lowest BCUT2D eigenvalue weighted by molar-refractivity contribution is -0.0272. The van der Waals surface area contributed by atoms with Gasteiger partial charge in [-0.3, -0.25) is 4.79 Å². The first-order valence-electron chi connectivity index (χ1n) is 7.61. The molecule has 0 radical (unpaired) electrons. The molecule has 1 aromatic carbocycles. The van der Waals surface area contributed by atoms with Crippen LogP contribution < -0.4 is 5.32 Å². The molecule has 2 heterocycles. The third kappa shape index (κ3) is 3.54. The minimum atomic E-state index is -0.102. The monoisotopic (exact) mass is 316 g/mol. The number of aryl methyl sites for hydroxylation is 1. The van der Waals surface area contributed by atoms with Gasteiger partial charge in [-0.15, -0.1) is 0 Å². The molecule has 1 N–H and O–H groups in total. The second kappa shape index (κ2) is 7.03. The summed E-state index contributed by atoms with van der Waals surface area (Å²) in [5, 5.41) is 4.80. The van der Waals surface area contributed by atoms with Crippen LogP contribution in [0.2, 0.25) is 0 Å². The van der Waals surface area contributed by atoms with E-state index in [0.29, 0.717) is 18.2 Å². The number of ether oxygens (including phenoxy) is 1. The highest BCUT2D eigenvalue weighted by Gasteiger charge is 2.28. The summed E-state index contributed by atoms with van der Waals surface area (Å²) in [6.45, 7) is 3.49. The van der Waals surface area contributed by atoms with Crippen molar-refractivity contribution >= 4 is 17.4 Å². The smallest absolute Gasteiger partial charge is 0.270 e. The molecule has 0 bridgehead atoms. The number of nitrogens with zero attached hydrogens (tertiary/aromatic N) is 1. The molecule has 1 amide bonds. The van der Waals surface area contributed by atoms with Gasteiger partial charge in [-0.25, -0.2) is 0 Å². The number of hydrogen-bond acceptors (Lipinski definition) is 4. The van der Waals surface area contributed by atoms with Crippen molar-refractivity contribution in [2.24, 2.45) is 5.92 Å². The van der Waals surface area contributed by atoms with Crippen LogP contribution in [0.1, 0.15) is 40.6 Å². The van der Waals surface area contributed by atoms with E-state index >= 15 is 0 Å². The third-order valence-electron chi connectivity index (χ3n) is 4.05. The lowest BCUT2D eigenvalue weighted by atomic mass is 9.89. The number of carbonyl (C=O) groups is 1. The largest absolute Gasteiger partial charge is 0.373 e. The van der Waals surface area contributed by atoms with Gasteiger partial charge in [-0.05, 0) is 42.9 Å². The number of amides is 1. The number of hydrogen-bond donors (Lipinski definition) is 1. The highest BCUT2D eigenvalue weighted by Crippen LogP contribution is 2.33. The van der Waals surface area contributed by atoms with E-state index in [1.54, 1.807) is 6.07 Å². The number of nitrogens with one attached hydrogen (secondary N) is 1. The zero-order valence-electron chi connectivity index (χ0n) is 12.6. The van der Waals surface area contributed by atoms with Gasteiger partial charge >= 0.3 is 0 Å². The minimum Gasteiger partial charge on any atom is -0.373 e. The van der Waals surface area contributed by atoms with Crippen LogP contribution in [-0.2, 0) is 4.74 Å². The van der Waals surface area contributed by atoms with Crippen molar-refractivity contribution in [2.75, 3.05) is 13.2 Å². The van der Waals surface area contributed by atoms with Crippen molar-refractivity contribution in [1.82, 2.24) is 9.69 Å². The lowest BCUT2D eigenvalue weighted by Gasteiger charge is -2.32. The second-order valence-corrected chi connectivity index (χ2v) is 6.36. The Hall–Kier alpha value is -1.72. The molecule has 1 aliphatic heterocycles. The average Bonchev–Trinajstić information content (AvgIpc) is 3.08. The molecule has 0 saturated carbocycles. The average molecular weight is 316 g/mol. The minimum absolute atomic E-state index is 0.0603. The molecule has 0 aliphatic carbocycles. The van der Waals surface area contributed by atoms with E-state index in [0.717, 1.165) is 19.4 Å². The van der Waals surface area contributed by atoms with E-state index in [1.807, 2.05) is 5.38 Å². The molecule has 0 spiro atoms. The lowest BCUT2D eigenvalue weighted by Crippen LogP contribution is -2.35. The van der Waals surface area contributed by atoms with Crippen LogP contribution >= 0.6 is 11.5 Å². The Kier molecular flexibility index (Phi) is 4.85. The first-order chi connectivity index (χ1) is 10.7. The molecule has 1 saturated heterocycles. The van der Waals surface area contributed by atoms with Crippen molar-refractivity contribution in [3.8, 4) is 0 Å². The molecule has 1 aromatic heterocycles. The highest BCUT2D eigenvalue weighted by atomic mass is 32.1. The number of aromatic nitrogens is 1. The summed E-state index contributed by atoms with van der Waals surface area (Å²) < 4.78 is 10.0. The van der Waals surface area contributed by atoms with Gasteiger partial charge in [-0.1, -0.05) is 29.8 Å². The SMILES string of the molecule is Cc1ccc(C2OCCCC2CNC(=O)c2ccsn2)cc1. The molecule has 3 rings (SSSR count). The first-order valence-corrected chi connectivity index (χ1v) is 8.44. The van der Waals surface area contributed by atoms with Crippen LogP contribution in [0.5, 0.6) is 0 Å². The fourth-order valence-corrected chi connectivity index (χ4v) is 3.33. The standard InChI is InChI=1S/C17H20N2O2S/c1-12-4-6-13(7-5-12)16-14(3-2-9-21-16)11-18-17(20)15-8-10-22-19-15/h4-8,10,14,16H,2-3,9,11H2,1H3,(H,18,20). The van der Waals surface area contributed by atoms with E-state index in [1.165, 1.54) is 22.7 Å². The number of rotatable bonds is 4. The van der Waals surface area contributed by atoms with Crippen molar-refractivity contribution < 1.29 is 9.53 Å². The zero-order valence-corrected chi connectivity index (χ0v) is 13.4. The van der Waals surface area contributed by atoms with Gasteiger partial charge in [0.15, 0.2) is 0 Å². The van der Waals surface area contributed by atoms with Gasteiger partial charge in [-0.2, -0.15) is 4.37 Å². The molecule has 2 aromatic rings. The summed E-state index contributed by atoms with van der Waals surface area (Å²) in [7, 11) is 0. The Labute approximate surface area is 134 Å². The predicted molar refractivity (Wildman–Crippen MR) is 87.0 cm³/mol. The van der Waals surface area contributed by atoms with Crippen molar-refractivity contribution in [3.05, 3.63) is 52.5 Å². The van der Waals surface area contributed by atoms with Crippen LogP contribution in [0, 0.1) is 12.8 Å². The van der Waals surface area contributed by atoms with E-state index < -0.39 is 0 Å². The summed E-state index contributed by atoms with van der Waals surface area (Å²) >= 11 is 1.29. The summed E-state index contributed by atoms with van der Waals surface area (Å²) in [5.74, 6) is 0.202. The molecular weight excluding hydrogens is 296 g/mol.